The standard InChI is InChI=1S/C15H22N2S/c1-2-5-13(6-3-1)9-17-8-4-7-14(10-17)16-15-11-18-12-15/h1-3,5-6,14-16H,4,7-12H2. The molecule has 0 radical (unpaired) electrons. The molecule has 98 valence electrons. The van der Waals surface area contributed by atoms with Gasteiger partial charge in [0, 0.05) is 36.7 Å². The second kappa shape index (κ2) is 6.09. The molecule has 3 heteroatoms. The summed E-state index contributed by atoms with van der Waals surface area (Å²) in [6.07, 6.45) is 2.69. The lowest BCUT2D eigenvalue weighted by Crippen LogP contribution is -2.52. The SMILES string of the molecule is c1ccc(CN2CCCC(NC3CSC3)C2)cc1. The van der Waals surface area contributed by atoms with Crippen LogP contribution in [0.15, 0.2) is 30.3 Å². The van der Waals surface area contributed by atoms with Crippen molar-refractivity contribution in [3.8, 4) is 0 Å². The Kier molecular flexibility index (Phi) is 4.24. The number of piperidine rings is 1. The molecule has 0 amide bonds. The quantitative estimate of drug-likeness (QED) is 0.897. The molecular formula is C15H22N2S. The van der Waals surface area contributed by atoms with Crippen molar-refractivity contribution in [2.45, 2.75) is 31.5 Å². The van der Waals surface area contributed by atoms with Crippen LogP contribution >= 0.6 is 11.8 Å². The number of rotatable bonds is 4. The Morgan fingerprint density at radius 1 is 1.17 bits per heavy atom. The monoisotopic (exact) mass is 262 g/mol. The molecule has 1 unspecified atom stereocenters. The molecule has 1 aromatic carbocycles. The van der Waals surface area contributed by atoms with Crippen LogP contribution in [-0.4, -0.2) is 41.6 Å². The van der Waals surface area contributed by atoms with E-state index in [9.17, 15) is 0 Å². The van der Waals surface area contributed by atoms with E-state index in [0.717, 1.165) is 12.6 Å². The molecule has 2 nitrogen and oxygen atoms in total. The number of likely N-dealkylation sites (tertiary alicyclic amines) is 1. The molecule has 18 heavy (non-hydrogen) atoms. The summed E-state index contributed by atoms with van der Waals surface area (Å²) in [4.78, 5) is 2.60. The van der Waals surface area contributed by atoms with Crippen LogP contribution in [0.4, 0.5) is 0 Å². The van der Waals surface area contributed by atoms with E-state index >= 15 is 0 Å². The fourth-order valence-electron chi connectivity index (χ4n) is 2.84. The molecule has 1 N–H and O–H groups in total. The average molecular weight is 262 g/mol. The summed E-state index contributed by atoms with van der Waals surface area (Å²) < 4.78 is 0. The number of hydrogen-bond donors (Lipinski definition) is 1. The van der Waals surface area contributed by atoms with Crippen molar-refractivity contribution < 1.29 is 0 Å². The Morgan fingerprint density at radius 2 is 2.00 bits per heavy atom. The molecule has 2 fully saturated rings. The zero-order chi connectivity index (χ0) is 12.2. The highest BCUT2D eigenvalue weighted by molar-refractivity contribution is 8.00. The molecule has 1 atom stereocenters. The van der Waals surface area contributed by atoms with Crippen molar-refractivity contribution in [3.63, 3.8) is 0 Å². The van der Waals surface area contributed by atoms with E-state index in [1.54, 1.807) is 0 Å². The number of benzene rings is 1. The van der Waals surface area contributed by atoms with Gasteiger partial charge >= 0.3 is 0 Å². The fourth-order valence-corrected chi connectivity index (χ4v) is 3.51. The highest BCUT2D eigenvalue weighted by Crippen LogP contribution is 2.20. The minimum Gasteiger partial charge on any atom is -0.308 e. The number of nitrogens with one attached hydrogen (secondary N) is 1. The molecule has 2 aliphatic heterocycles. The average Bonchev–Trinajstić information content (AvgIpc) is 2.36. The maximum atomic E-state index is 3.81. The fraction of sp³-hybridized carbons (Fsp3) is 0.600. The normalized spacial score (nSPS) is 25.9. The Balaban J connectivity index is 1.50. The maximum Gasteiger partial charge on any atom is 0.0251 e. The van der Waals surface area contributed by atoms with Crippen LogP contribution in [0.5, 0.6) is 0 Å². The van der Waals surface area contributed by atoms with Gasteiger partial charge < -0.3 is 5.32 Å². The van der Waals surface area contributed by atoms with Gasteiger partial charge in [-0.1, -0.05) is 30.3 Å². The second-order valence-electron chi connectivity index (χ2n) is 5.46. The third kappa shape index (κ3) is 3.28. The molecule has 2 aliphatic rings. The lowest BCUT2D eigenvalue weighted by atomic mass is 10.0. The van der Waals surface area contributed by atoms with Crippen LogP contribution in [-0.2, 0) is 6.54 Å². The van der Waals surface area contributed by atoms with Gasteiger partial charge in [-0.25, -0.2) is 0 Å². The Bertz CT molecular complexity index is 364. The summed E-state index contributed by atoms with van der Waals surface area (Å²) in [5.74, 6) is 2.63. The van der Waals surface area contributed by atoms with Crippen molar-refractivity contribution in [2.75, 3.05) is 24.6 Å². The highest BCUT2D eigenvalue weighted by Gasteiger charge is 2.25. The highest BCUT2D eigenvalue weighted by atomic mass is 32.2. The summed E-state index contributed by atoms with van der Waals surface area (Å²) in [5, 5.41) is 3.81. The summed E-state index contributed by atoms with van der Waals surface area (Å²) in [6.45, 7) is 3.58. The Labute approximate surface area is 114 Å². The van der Waals surface area contributed by atoms with E-state index in [2.05, 4.69) is 52.3 Å². The lowest BCUT2D eigenvalue weighted by molar-refractivity contribution is 0.178. The third-order valence-corrected chi connectivity index (χ3v) is 5.14. The van der Waals surface area contributed by atoms with Gasteiger partial charge in [0.2, 0.25) is 0 Å². The van der Waals surface area contributed by atoms with Gasteiger partial charge in [0.1, 0.15) is 0 Å². The maximum absolute atomic E-state index is 3.81. The van der Waals surface area contributed by atoms with Crippen LogP contribution in [0.1, 0.15) is 18.4 Å². The van der Waals surface area contributed by atoms with Gasteiger partial charge in [-0.3, -0.25) is 4.90 Å². The summed E-state index contributed by atoms with van der Waals surface area (Å²) in [5.41, 5.74) is 1.44. The topological polar surface area (TPSA) is 15.3 Å². The van der Waals surface area contributed by atoms with Crippen LogP contribution in [0.2, 0.25) is 0 Å². The third-order valence-electron chi connectivity index (χ3n) is 3.86. The van der Waals surface area contributed by atoms with Crippen LogP contribution in [0, 0.1) is 0 Å². The molecule has 0 aliphatic carbocycles. The summed E-state index contributed by atoms with van der Waals surface area (Å²) in [7, 11) is 0. The van der Waals surface area contributed by atoms with Crippen LogP contribution in [0.3, 0.4) is 0 Å². The van der Waals surface area contributed by atoms with Gasteiger partial charge in [0.25, 0.3) is 0 Å². The van der Waals surface area contributed by atoms with Crippen LogP contribution in [0.25, 0.3) is 0 Å². The molecule has 1 aromatic rings. The predicted octanol–water partition coefficient (Wildman–Crippen LogP) is 2.36. The summed E-state index contributed by atoms with van der Waals surface area (Å²) in [6, 6.07) is 12.4. The van der Waals surface area contributed by atoms with E-state index in [1.165, 1.54) is 43.0 Å². The van der Waals surface area contributed by atoms with Crippen molar-refractivity contribution in [1.82, 2.24) is 10.2 Å². The van der Waals surface area contributed by atoms with Gasteiger partial charge in [0.15, 0.2) is 0 Å². The van der Waals surface area contributed by atoms with E-state index in [0.29, 0.717) is 6.04 Å². The van der Waals surface area contributed by atoms with Gasteiger partial charge in [-0.2, -0.15) is 11.8 Å². The number of hydrogen-bond acceptors (Lipinski definition) is 3. The predicted molar refractivity (Wildman–Crippen MR) is 79.0 cm³/mol. The molecule has 0 saturated carbocycles. The van der Waals surface area contributed by atoms with Gasteiger partial charge in [0.05, 0.1) is 0 Å². The Hall–Kier alpha value is -0.510. The van der Waals surface area contributed by atoms with Crippen molar-refractivity contribution in [3.05, 3.63) is 35.9 Å². The first-order chi connectivity index (χ1) is 8.90. The van der Waals surface area contributed by atoms with E-state index in [1.807, 2.05) is 0 Å². The van der Waals surface area contributed by atoms with Crippen molar-refractivity contribution in [2.24, 2.45) is 0 Å². The molecular weight excluding hydrogens is 240 g/mol. The molecule has 0 bridgehead atoms. The first-order valence-electron chi connectivity index (χ1n) is 7.00. The van der Waals surface area contributed by atoms with Crippen molar-refractivity contribution in [1.29, 1.82) is 0 Å². The van der Waals surface area contributed by atoms with Crippen molar-refractivity contribution >= 4 is 11.8 Å². The minimum absolute atomic E-state index is 0.716. The van der Waals surface area contributed by atoms with E-state index in [4.69, 9.17) is 0 Å². The molecule has 2 heterocycles. The summed E-state index contributed by atoms with van der Waals surface area (Å²) >= 11 is 2.06. The zero-order valence-corrected chi connectivity index (χ0v) is 11.7. The van der Waals surface area contributed by atoms with E-state index in [-0.39, 0.29) is 0 Å². The number of nitrogens with zero attached hydrogens (tertiary/aromatic N) is 1. The molecule has 0 spiro atoms. The smallest absolute Gasteiger partial charge is 0.0251 e. The Morgan fingerprint density at radius 3 is 2.72 bits per heavy atom. The first-order valence-corrected chi connectivity index (χ1v) is 8.16. The molecule has 2 saturated heterocycles. The minimum atomic E-state index is 0.716. The second-order valence-corrected chi connectivity index (χ2v) is 6.54. The first kappa shape index (κ1) is 12.5. The van der Waals surface area contributed by atoms with Crippen LogP contribution < -0.4 is 5.32 Å². The largest absolute Gasteiger partial charge is 0.308 e. The van der Waals surface area contributed by atoms with E-state index < -0.39 is 0 Å². The van der Waals surface area contributed by atoms with Gasteiger partial charge in [-0.05, 0) is 24.9 Å². The lowest BCUT2D eigenvalue weighted by Gasteiger charge is -2.37. The zero-order valence-electron chi connectivity index (χ0n) is 10.8. The van der Waals surface area contributed by atoms with Gasteiger partial charge in [-0.15, -0.1) is 0 Å². The number of thioether (sulfide) groups is 1. The molecule has 3 rings (SSSR count). The molecule has 0 aromatic heterocycles.